The molecule has 0 spiro atoms. The van der Waals surface area contributed by atoms with Crippen LogP contribution in [0.1, 0.15) is 41.0 Å². The van der Waals surface area contributed by atoms with E-state index in [1.165, 1.54) is 0 Å². The van der Waals surface area contributed by atoms with Gasteiger partial charge in [-0.15, -0.1) is 0 Å². The van der Waals surface area contributed by atoms with E-state index in [1.54, 1.807) is 19.9 Å². The van der Waals surface area contributed by atoms with Gasteiger partial charge in [-0.3, -0.25) is 4.79 Å². The van der Waals surface area contributed by atoms with Crippen LogP contribution >= 0.6 is 0 Å². The molecule has 0 bridgehead atoms. The molecule has 3 aliphatic rings. The van der Waals surface area contributed by atoms with E-state index in [4.69, 9.17) is 4.74 Å². The molecule has 3 rings (SSSR count). The first-order valence-corrected chi connectivity index (χ1v) is 9.34. The summed E-state index contributed by atoms with van der Waals surface area (Å²) in [5.41, 5.74) is -1.95. The third kappa shape index (κ3) is 2.39. The minimum Gasteiger partial charge on any atom is -0.392 e. The van der Waals surface area contributed by atoms with Gasteiger partial charge in [0.25, 0.3) is 0 Å². The lowest BCUT2D eigenvalue weighted by Crippen LogP contribution is -2.45. The van der Waals surface area contributed by atoms with Gasteiger partial charge in [-0.2, -0.15) is 0 Å². The first kappa shape index (κ1) is 19.7. The zero-order valence-corrected chi connectivity index (χ0v) is 16.0. The SMILES string of the molecule is C/C(C=O)=C\C12OC1(C(O)C(C)C(O)C1C(C=O)C1(C)C)CC(C)C2O. The molecule has 1 saturated heterocycles. The first-order chi connectivity index (χ1) is 12.0. The standard InChI is InChI=1S/C20H30O6/c1-10(8-21)6-19-16(24)11(2)7-20(19,26-19)17(25)12(3)15(23)14-13(9-22)18(14,4)5/h6,8-9,11-17,23-25H,7H2,1-5H3/b10-6+. The maximum Gasteiger partial charge on any atom is 0.145 e. The Bertz CT molecular complexity index is 642. The van der Waals surface area contributed by atoms with Crippen molar-refractivity contribution in [1.29, 1.82) is 0 Å². The van der Waals surface area contributed by atoms with Crippen molar-refractivity contribution in [2.75, 3.05) is 0 Å². The summed E-state index contributed by atoms with van der Waals surface area (Å²) >= 11 is 0. The fourth-order valence-electron chi connectivity index (χ4n) is 5.39. The van der Waals surface area contributed by atoms with E-state index in [1.807, 2.05) is 20.8 Å². The lowest BCUT2D eigenvalue weighted by Gasteiger charge is -2.29. The number of aldehydes is 2. The molecule has 9 unspecified atom stereocenters. The first-order valence-electron chi connectivity index (χ1n) is 9.34. The zero-order valence-electron chi connectivity index (χ0n) is 16.0. The molecule has 9 atom stereocenters. The predicted octanol–water partition coefficient (Wildman–Crippen LogP) is 0.869. The number of ether oxygens (including phenoxy) is 1. The number of allylic oxidation sites excluding steroid dienone is 1. The second-order valence-electron chi connectivity index (χ2n) is 9.22. The van der Waals surface area contributed by atoms with Crippen molar-refractivity contribution in [3.05, 3.63) is 11.6 Å². The topological polar surface area (TPSA) is 107 Å². The maximum atomic E-state index is 11.2. The quantitative estimate of drug-likeness (QED) is 0.351. The van der Waals surface area contributed by atoms with Crippen LogP contribution in [0.15, 0.2) is 11.6 Å². The molecule has 2 saturated carbocycles. The van der Waals surface area contributed by atoms with Gasteiger partial charge in [0.15, 0.2) is 0 Å². The minimum atomic E-state index is -1.09. The Kier molecular flexibility index (Phi) is 4.51. The molecule has 1 aliphatic heterocycles. The monoisotopic (exact) mass is 366 g/mol. The summed E-state index contributed by atoms with van der Waals surface area (Å²) in [5.74, 6) is -1.06. The summed E-state index contributed by atoms with van der Waals surface area (Å²) in [6.45, 7) is 9.14. The highest BCUT2D eigenvalue weighted by atomic mass is 16.7. The molecule has 0 radical (unpaired) electrons. The molecule has 0 aromatic rings. The van der Waals surface area contributed by atoms with Crippen LogP contribution in [0.5, 0.6) is 0 Å². The van der Waals surface area contributed by atoms with Gasteiger partial charge in [-0.05, 0) is 36.3 Å². The Hall–Kier alpha value is -1.08. The lowest BCUT2D eigenvalue weighted by atomic mass is 9.79. The molecule has 6 nitrogen and oxygen atoms in total. The number of carbonyl (C=O) groups is 2. The molecule has 146 valence electrons. The number of aliphatic hydroxyl groups excluding tert-OH is 3. The van der Waals surface area contributed by atoms with Crippen molar-refractivity contribution in [2.24, 2.45) is 29.1 Å². The third-order valence-electron chi connectivity index (χ3n) is 7.23. The van der Waals surface area contributed by atoms with E-state index in [-0.39, 0.29) is 23.2 Å². The molecule has 0 aromatic heterocycles. The summed E-state index contributed by atoms with van der Waals surface area (Å²) < 4.78 is 5.91. The van der Waals surface area contributed by atoms with Gasteiger partial charge in [0.1, 0.15) is 23.8 Å². The van der Waals surface area contributed by atoms with Crippen LogP contribution in [0.25, 0.3) is 0 Å². The molecule has 3 N–H and O–H groups in total. The van der Waals surface area contributed by atoms with Gasteiger partial charge in [0.05, 0.1) is 18.3 Å². The van der Waals surface area contributed by atoms with Crippen molar-refractivity contribution in [3.8, 4) is 0 Å². The van der Waals surface area contributed by atoms with Gasteiger partial charge in [0, 0.05) is 17.8 Å². The Balaban J connectivity index is 1.84. The van der Waals surface area contributed by atoms with Crippen molar-refractivity contribution in [2.45, 2.75) is 70.6 Å². The van der Waals surface area contributed by atoms with Crippen LogP contribution in [-0.4, -0.2) is 57.4 Å². The van der Waals surface area contributed by atoms with Crippen molar-refractivity contribution in [1.82, 2.24) is 0 Å². The molecule has 26 heavy (non-hydrogen) atoms. The van der Waals surface area contributed by atoms with Crippen molar-refractivity contribution >= 4 is 12.6 Å². The number of rotatable bonds is 7. The van der Waals surface area contributed by atoms with E-state index in [0.29, 0.717) is 18.3 Å². The second-order valence-corrected chi connectivity index (χ2v) is 9.22. The average molecular weight is 366 g/mol. The Morgan fingerprint density at radius 3 is 2.38 bits per heavy atom. The van der Waals surface area contributed by atoms with Gasteiger partial charge in [-0.1, -0.05) is 27.7 Å². The number of epoxide rings is 1. The van der Waals surface area contributed by atoms with E-state index in [9.17, 15) is 24.9 Å². The molecule has 0 amide bonds. The van der Waals surface area contributed by atoms with Crippen LogP contribution in [0, 0.1) is 29.1 Å². The molecule has 3 fully saturated rings. The number of fused-ring (bicyclic) bond motifs is 1. The summed E-state index contributed by atoms with van der Waals surface area (Å²) in [4.78, 5) is 22.3. The van der Waals surface area contributed by atoms with Crippen LogP contribution in [0.2, 0.25) is 0 Å². The Morgan fingerprint density at radius 1 is 1.27 bits per heavy atom. The summed E-state index contributed by atoms with van der Waals surface area (Å²) in [6.07, 6.45) is 0.930. The summed E-state index contributed by atoms with van der Waals surface area (Å²) in [5, 5.41) is 32.5. The molecule has 2 aliphatic carbocycles. The van der Waals surface area contributed by atoms with Crippen LogP contribution in [-0.2, 0) is 14.3 Å². The summed E-state index contributed by atoms with van der Waals surface area (Å²) in [7, 11) is 0. The Morgan fingerprint density at radius 2 is 1.88 bits per heavy atom. The van der Waals surface area contributed by atoms with Crippen molar-refractivity contribution < 1.29 is 29.6 Å². The van der Waals surface area contributed by atoms with Crippen LogP contribution in [0.3, 0.4) is 0 Å². The highest BCUT2D eigenvalue weighted by Crippen LogP contribution is 2.66. The van der Waals surface area contributed by atoms with E-state index in [0.717, 1.165) is 6.29 Å². The maximum absolute atomic E-state index is 11.2. The second kappa shape index (κ2) is 5.96. The van der Waals surface area contributed by atoms with Crippen molar-refractivity contribution in [3.63, 3.8) is 0 Å². The molecule has 6 heteroatoms. The average Bonchev–Trinajstić information content (AvgIpc) is 3.39. The largest absolute Gasteiger partial charge is 0.392 e. The number of hydrogen-bond donors (Lipinski definition) is 3. The van der Waals surface area contributed by atoms with Crippen LogP contribution in [0.4, 0.5) is 0 Å². The van der Waals surface area contributed by atoms with Gasteiger partial charge in [0.2, 0.25) is 0 Å². The zero-order chi connectivity index (χ0) is 19.7. The fraction of sp³-hybridized carbons (Fsp3) is 0.800. The van der Waals surface area contributed by atoms with Gasteiger partial charge in [-0.25, -0.2) is 0 Å². The summed E-state index contributed by atoms with van der Waals surface area (Å²) in [6, 6.07) is 0. The van der Waals surface area contributed by atoms with Gasteiger partial charge < -0.3 is 24.9 Å². The van der Waals surface area contributed by atoms with Gasteiger partial charge >= 0.3 is 0 Å². The lowest BCUT2D eigenvalue weighted by molar-refractivity contribution is -0.110. The number of carbonyl (C=O) groups excluding carboxylic acids is 2. The predicted molar refractivity (Wildman–Crippen MR) is 94.2 cm³/mol. The van der Waals surface area contributed by atoms with E-state index < -0.39 is 35.4 Å². The minimum absolute atomic E-state index is 0.0986. The highest BCUT2D eigenvalue weighted by molar-refractivity contribution is 5.73. The normalized spacial score (nSPS) is 46.8. The molecule has 1 heterocycles. The van der Waals surface area contributed by atoms with E-state index in [2.05, 4.69) is 0 Å². The molecular formula is C20H30O6. The highest BCUT2D eigenvalue weighted by Gasteiger charge is 2.81. The number of hydrogen-bond acceptors (Lipinski definition) is 6. The van der Waals surface area contributed by atoms with E-state index >= 15 is 0 Å². The number of aliphatic hydroxyl groups is 3. The molecule has 0 aromatic carbocycles. The Labute approximate surface area is 154 Å². The smallest absolute Gasteiger partial charge is 0.145 e. The third-order valence-corrected chi connectivity index (χ3v) is 7.23. The molecular weight excluding hydrogens is 336 g/mol. The van der Waals surface area contributed by atoms with Crippen LogP contribution < -0.4 is 0 Å². The fourth-order valence-corrected chi connectivity index (χ4v) is 5.39.